The zero-order valence-corrected chi connectivity index (χ0v) is 12.6. The molecule has 1 aliphatic heterocycles. The quantitative estimate of drug-likeness (QED) is 0.823. The number of nitrogens with one attached hydrogen (secondary N) is 1. The summed E-state index contributed by atoms with van der Waals surface area (Å²) >= 11 is 0. The molecule has 5 heteroatoms. The lowest BCUT2D eigenvalue weighted by molar-refractivity contribution is -0.175. The Kier molecular flexibility index (Phi) is 3.08. The van der Waals surface area contributed by atoms with Gasteiger partial charge in [-0.2, -0.15) is 0 Å². The van der Waals surface area contributed by atoms with Crippen molar-refractivity contribution >= 4 is 11.8 Å². The number of methoxy groups -OCH3 is 1. The van der Waals surface area contributed by atoms with Crippen molar-refractivity contribution in [1.82, 2.24) is 10.2 Å². The standard InChI is InChI=1S/C15H24N2O3/c1-14(2)10(8-11(14)20-3)17-9-12(18)16-15(13(17)19)6-4-5-7-15/h10-11H,4-9H2,1-3H3,(H,16,18). The lowest BCUT2D eigenvalue weighted by Crippen LogP contribution is -2.72. The molecule has 1 heterocycles. The van der Waals surface area contributed by atoms with Crippen LogP contribution in [0.3, 0.4) is 0 Å². The van der Waals surface area contributed by atoms with Gasteiger partial charge in [0.2, 0.25) is 11.8 Å². The summed E-state index contributed by atoms with van der Waals surface area (Å²) in [5.41, 5.74) is -0.689. The summed E-state index contributed by atoms with van der Waals surface area (Å²) in [5.74, 6) is 0.116. The number of carbonyl (C=O) groups excluding carboxylic acids is 2. The van der Waals surface area contributed by atoms with E-state index in [4.69, 9.17) is 4.74 Å². The number of piperazine rings is 1. The van der Waals surface area contributed by atoms with Crippen molar-refractivity contribution in [3.63, 3.8) is 0 Å². The van der Waals surface area contributed by atoms with Gasteiger partial charge in [-0.15, -0.1) is 0 Å². The fourth-order valence-electron chi connectivity index (χ4n) is 4.22. The van der Waals surface area contributed by atoms with Crippen molar-refractivity contribution in [2.75, 3.05) is 13.7 Å². The Hall–Kier alpha value is -1.10. The van der Waals surface area contributed by atoms with Gasteiger partial charge in [-0.1, -0.05) is 26.7 Å². The zero-order valence-electron chi connectivity index (χ0n) is 12.6. The molecule has 2 saturated carbocycles. The summed E-state index contributed by atoms with van der Waals surface area (Å²) in [6, 6.07) is 0.114. The van der Waals surface area contributed by atoms with Crippen LogP contribution in [-0.2, 0) is 14.3 Å². The summed E-state index contributed by atoms with van der Waals surface area (Å²) in [7, 11) is 1.71. The van der Waals surface area contributed by atoms with Gasteiger partial charge in [0.15, 0.2) is 0 Å². The van der Waals surface area contributed by atoms with Crippen LogP contribution >= 0.6 is 0 Å². The molecule has 3 fully saturated rings. The Labute approximate surface area is 120 Å². The minimum atomic E-state index is -0.608. The Morgan fingerprint density at radius 2 is 1.90 bits per heavy atom. The van der Waals surface area contributed by atoms with E-state index in [1.807, 2.05) is 4.90 Å². The van der Waals surface area contributed by atoms with E-state index in [0.717, 1.165) is 32.1 Å². The monoisotopic (exact) mass is 280 g/mol. The third-order valence-electron chi connectivity index (χ3n) is 5.61. The van der Waals surface area contributed by atoms with Crippen LogP contribution in [0.15, 0.2) is 0 Å². The molecule has 0 aromatic carbocycles. The Balaban J connectivity index is 1.83. The minimum Gasteiger partial charge on any atom is -0.381 e. The number of hydrogen-bond donors (Lipinski definition) is 1. The highest BCUT2D eigenvalue weighted by Gasteiger charge is 2.57. The molecule has 1 saturated heterocycles. The van der Waals surface area contributed by atoms with Gasteiger partial charge in [-0.3, -0.25) is 9.59 Å². The van der Waals surface area contributed by atoms with Crippen LogP contribution in [0.1, 0.15) is 46.0 Å². The zero-order chi connectivity index (χ0) is 14.5. The molecule has 2 atom stereocenters. The van der Waals surface area contributed by atoms with Crippen molar-refractivity contribution in [1.29, 1.82) is 0 Å². The minimum absolute atomic E-state index is 0.0110. The van der Waals surface area contributed by atoms with Gasteiger partial charge in [-0.05, 0) is 19.3 Å². The van der Waals surface area contributed by atoms with Crippen LogP contribution in [-0.4, -0.2) is 48.1 Å². The highest BCUT2D eigenvalue weighted by molar-refractivity contribution is 5.98. The number of nitrogens with zero attached hydrogens (tertiary/aromatic N) is 1. The number of rotatable bonds is 2. The maximum Gasteiger partial charge on any atom is 0.249 e. The lowest BCUT2D eigenvalue weighted by Gasteiger charge is -2.57. The smallest absolute Gasteiger partial charge is 0.249 e. The first-order valence-electron chi connectivity index (χ1n) is 7.55. The van der Waals surface area contributed by atoms with Gasteiger partial charge in [0.25, 0.3) is 0 Å². The average Bonchev–Trinajstić information content (AvgIpc) is 2.83. The van der Waals surface area contributed by atoms with Crippen molar-refractivity contribution in [3.8, 4) is 0 Å². The summed E-state index contributed by atoms with van der Waals surface area (Å²) in [6.45, 7) is 4.44. The molecule has 2 amide bonds. The summed E-state index contributed by atoms with van der Waals surface area (Å²) in [6.07, 6.45) is 4.62. The second-order valence-electron chi connectivity index (χ2n) is 7.07. The van der Waals surface area contributed by atoms with E-state index in [-0.39, 0.29) is 35.9 Å². The van der Waals surface area contributed by atoms with Gasteiger partial charge in [0, 0.05) is 18.6 Å². The van der Waals surface area contributed by atoms with E-state index in [2.05, 4.69) is 19.2 Å². The largest absolute Gasteiger partial charge is 0.381 e. The number of hydrogen-bond acceptors (Lipinski definition) is 3. The molecule has 2 aliphatic carbocycles. The first-order valence-corrected chi connectivity index (χ1v) is 7.55. The Morgan fingerprint density at radius 1 is 1.25 bits per heavy atom. The highest BCUT2D eigenvalue weighted by atomic mass is 16.5. The van der Waals surface area contributed by atoms with Crippen LogP contribution in [0.2, 0.25) is 0 Å². The molecule has 0 bridgehead atoms. The first-order chi connectivity index (χ1) is 9.40. The van der Waals surface area contributed by atoms with E-state index in [0.29, 0.717) is 0 Å². The summed E-state index contributed by atoms with van der Waals surface area (Å²) in [4.78, 5) is 26.8. The SMILES string of the molecule is COC1CC(N2CC(=O)NC3(CCCC3)C2=O)C1(C)C. The van der Waals surface area contributed by atoms with Crippen LogP contribution in [0, 0.1) is 5.41 Å². The topological polar surface area (TPSA) is 58.6 Å². The molecule has 2 unspecified atom stereocenters. The second kappa shape index (κ2) is 4.45. The maximum atomic E-state index is 12.9. The maximum absolute atomic E-state index is 12.9. The number of amides is 2. The summed E-state index contributed by atoms with van der Waals surface area (Å²) in [5, 5.41) is 2.97. The third kappa shape index (κ3) is 1.79. The van der Waals surface area contributed by atoms with E-state index < -0.39 is 5.54 Å². The van der Waals surface area contributed by atoms with Gasteiger partial charge >= 0.3 is 0 Å². The molecule has 20 heavy (non-hydrogen) atoms. The van der Waals surface area contributed by atoms with Gasteiger partial charge < -0.3 is 15.0 Å². The van der Waals surface area contributed by atoms with E-state index in [9.17, 15) is 9.59 Å². The van der Waals surface area contributed by atoms with Crippen molar-refractivity contribution in [2.24, 2.45) is 5.41 Å². The molecule has 3 rings (SSSR count). The number of ether oxygens (including phenoxy) is 1. The van der Waals surface area contributed by atoms with Gasteiger partial charge in [0.1, 0.15) is 5.54 Å². The number of carbonyl (C=O) groups is 2. The predicted molar refractivity (Wildman–Crippen MR) is 74.0 cm³/mol. The van der Waals surface area contributed by atoms with Gasteiger partial charge in [0.05, 0.1) is 12.6 Å². The molecule has 5 nitrogen and oxygen atoms in total. The van der Waals surface area contributed by atoms with Crippen LogP contribution in [0.25, 0.3) is 0 Å². The molecule has 0 aromatic heterocycles. The molecule has 112 valence electrons. The molecule has 0 radical (unpaired) electrons. The van der Waals surface area contributed by atoms with E-state index >= 15 is 0 Å². The Morgan fingerprint density at radius 3 is 2.45 bits per heavy atom. The van der Waals surface area contributed by atoms with E-state index in [1.54, 1.807) is 7.11 Å². The van der Waals surface area contributed by atoms with Crippen molar-refractivity contribution in [2.45, 2.75) is 63.6 Å². The van der Waals surface area contributed by atoms with Crippen LogP contribution in [0.4, 0.5) is 0 Å². The fourth-order valence-corrected chi connectivity index (χ4v) is 4.22. The second-order valence-corrected chi connectivity index (χ2v) is 7.07. The summed E-state index contributed by atoms with van der Waals surface area (Å²) < 4.78 is 5.46. The molecular formula is C15H24N2O3. The Bertz CT molecular complexity index is 440. The highest BCUT2D eigenvalue weighted by Crippen LogP contribution is 2.47. The predicted octanol–water partition coefficient (Wildman–Crippen LogP) is 1.07. The van der Waals surface area contributed by atoms with Crippen molar-refractivity contribution < 1.29 is 14.3 Å². The average molecular weight is 280 g/mol. The molecule has 0 aromatic rings. The molecular weight excluding hydrogens is 256 g/mol. The third-order valence-corrected chi connectivity index (χ3v) is 5.61. The normalized spacial score (nSPS) is 35.0. The fraction of sp³-hybridized carbons (Fsp3) is 0.867. The van der Waals surface area contributed by atoms with Crippen LogP contribution < -0.4 is 5.32 Å². The molecule has 1 spiro atoms. The van der Waals surface area contributed by atoms with E-state index in [1.165, 1.54) is 0 Å². The lowest BCUT2D eigenvalue weighted by atomic mass is 9.63. The van der Waals surface area contributed by atoms with Gasteiger partial charge in [-0.25, -0.2) is 0 Å². The first kappa shape index (κ1) is 13.9. The van der Waals surface area contributed by atoms with Crippen molar-refractivity contribution in [3.05, 3.63) is 0 Å². The molecule has 1 N–H and O–H groups in total. The van der Waals surface area contributed by atoms with Crippen LogP contribution in [0.5, 0.6) is 0 Å². The molecule has 3 aliphatic rings.